The average molecular weight is 262 g/mol. The molecule has 1 fully saturated rings. The fraction of sp³-hybridized carbons (Fsp3) is 0.533. The first-order chi connectivity index (χ1) is 9.04. The minimum atomic E-state index is -0.108. The fourth-order valence-electron chi connectivity index (χ4n) is 2.69. The molecule has 0 bridgehead atoms. The number of rotatable bonds is 3. The summed E-state index contributed by atoms with van der Waals surface area (Å²) in [6.45, 7) is 6.51. The van der Waals surface area contributed by atoms with E-state index < -0.39 is 0 Å². The maximum atomic E-state index is 12.7. The molecule has 1 unspecified atom stereocenters. The zero-order valence-corrected chi connectivity index (χ0v) is 12.1. The van der Waals surface area contributed by atoms with Crippen LogP contribution < -0.4 is 10.1 Å². The number of methoxy groups -OCH3 is 1. The number of carbonyl (C=O) groups excluding carboxylic acids is 1. The molecule has 1 atom stereocenters. The van der Waals surface area contributed by atoms with E-state index in [-0.39, 0.29) is 11.8 Å². The summed E-state index contributed by atoms with van der Waals surface area (Å²) in [7, 11) is 3.62. The summed E-state index contributed by atoms with van der Waals surface area (Å²) in [5.74, 6) is 0.841. The molecule has 0 aliphatic carbocycles. The highest BCUT2D eigenvalue weighted by Gasteiger charge is 2.29. The lowest BCUT2D eigenvalue weighted by Gasteiger charge is -2.32. The minimum Gasteiger partial charge on any atom is -0.496 e. The van der Waals surface area contributed by atoms with Crippen molar-refractivity contribution in [3.8, 4) is 5.75 Å². The topological polar surface area (TPSA) is 41.6 Å². The Morgan fingerprint density at radius 2 is 2.16 bits per heavy atom. The Morgan fingerprint density at radius 1 is 1.42 bits per heavy atom. The van der Waals surface area contributed by atoms with Gasteiger partial charge >= 0.3 is 0 Å². The molecule has 104 valence electrons. The molecule has 4 heteroatoms. The van der Waals surface area contributed by atoms with E-state index in [2.05, 4.69) is 10.2 Å². The fourth-order valence-corrected chi connectivity index (χ4v) is 2.69. The van der Waals surface area contributed by atoms with Crippen molar-refractivity contribution < 1.29 is 9.53 Å². The zero-order chi connectivity index (χ0) is 14.0. The highest BCUT2D eigenvalue weighted by atomic mass is 16.5. The van der Waals surface area contributed by atoms with Gasteiger partial charge in [0, 0.05) is 19.6 Å². The lowest BCUT2D eigenvalue weighted by molar-refractivity contribution is 0.0816. The second kappa shape index (κ2) is 5.72. The molecule has 19 heavy (non-hydrogen) atoms. The van der Waals surface area contributed by atoms with Gasteiger partial charge in [-0.3, -0.25) is 9.69 Å². The molecule has 0 saturated carbocycles. The van der Waals surface area contributed by atoms with Gasteiger partial charge in [0.05, 0.1) is 18.7 Å². The van der Waals surface area contributed by atoms with Crippen molar-refractivity contribution in [3.63, 3.8) is 0 Å². The van der Waals surface area contributed by atoms with Crippen LogP contribution in [-0.2, 0) is 0 Å². The maximum Gasteiger partial charge on any atom is 0.184 e. The van der Waals surface area contributed by atoms with Gasteiger partial charge in [-0.05, 0) is 38.1 Å². The molecule has 2 rings (SSSR count). The minimum absolute atomic E-state index is 0.108. The first-order valence-corrected chi connectivity index (χ1v) is 6.65. The smallest absolute Gasteiger partial charge is 0.184 e. The number of Topliss-reactive ketones (excluding diaryl/α,β-unsaturated/α-hetero) is 1. The summed E-state index contributed by atoms with van der Waals surface area (Å²) in [5.41, 5.74) is 2.80. The van der Waals surface area contributed by atoms with Crippen LogP contribution >= 0.6 is 0 Å². The van der Waals surface area contributed by atoms with Crippen molar-refractivity contribution in [3.05, 3.63) is 28.8 Å². The van der Waals surface area contributed by atoms with Gasteiger partial charge < -0.3 is 10.1 Å². The average Bonchev–Trinajstić information content (AvgIpc) is 2.37. The largest absolute Gasteiger partial charge is 0.496 e. The molecule has 1 heterocycles. The number of carbonyl (C=O) groups is 1. The molecule has 0 aromatic heterocycles. The van der Waals surface area contributed by atoms with Crippen LogP contribution in [0.5, 0.6) is 5.75 Å². The zero-order valence-electron chi connectivity index (χ0n) is 12.1. The van der Waals surface area contributed by atoms with Crippen molar-refractivity contribution in [2.75, 3.05) is 33.8 Å². The van der Waals surface area contributed by atoms with Gasteiger partial charge in [0.1, 0.15) is 5.75 Å². The van der Waals surface area contributed by atoms with Crippen LogP contribution in [0.2, 0.25) is 0 Å². The van der Waals surface area contributed by atoms with Crippen molar-refractivity contribution in [2.45, 2.75) is 19.9 Å². The Morgan fingerprint density at radius 3 is 2.79 bits per heavy atom. The van der Waals surface area contributed by atoms with Crippen LogP contribution in [0.25, 0.3) is 0 Å². The second-order valence-electron chi connectivity index (χ2n) is 5.23. The molecule has 1 aliphatic rings. The summed E-state index contributed by atoms with van der Waals surface area (Å²) < 4.78 is 5.42. The Kier molecular flexibility index (Phi) is 4.22. The molecule has 0 radical (unpaired) electrons. The number of benzene rings is 1. The number of ether oxygens (including phenoxy) is 1. The SMILES string of the molecule is COc1c(C)cc(C)cc1C(=O)C1CNCCN1C. The van der Waals surface area contributed by atoms with Gasteiger partial charge in [0.2, 0.25) is 0 Å². The Labute approximate surface area is 114 Å². The summed E-state index contributed by atoms with van der Waals surface area (Å²) in [4.78, 5) is 14.8. The third-order valence-electron chi connectivity index (χ3n) is 3.70. The quantitative estimate of drug-likeness (QED) is 0.836. The highest BCUT2D eigenvalue weighted by Crippen LogP contribution is 2.27. The van der Waals surface area contributed by atoms with Crippen molar-refractivity contribution in [2.24, 2.45) is 0 Å². The van der Waals surface area contributed by atoms with E-state index in [1.807, 2.05) is 33.0 Å². The molecular formula is C15H22N2O2. The van der Waals surface area contributed by atoms with E-state index in [1.54, 1.807) is 7.11 Å². The van der Waals surface area contributed by atoms with Gasteiger partial charge in [-0.25, -0.2) is 0 Å². The van der Waals surface area contributed by atoms with E-state index >= 15 is 0 Å². The lowest BCUT2D eigenvalue weighted by Crippen LogP contribution is -2.53. The van der Waals surface area contributed by atoms with Crippen molar-refractivity contribution in [1.29, 1.82) is 0 Å². The third-order valence-corrected chi connectivity index (χ3v) is 3.70. The van der Waals surface area contributed by atoms with Crippen LogP contribution in [0.1, 0.15) is 21.5 Å². The molecule has 4 nitrogen and oxygen atoms in total. The second-order valence-corrected chi connectivity index (χ2v) is 5.23. The summed E-state index contributed by atoms with van der Waals surface area (Å²) >= 11 is 0. The number of ketones is 1. The van der Waals surface area contributed by atoms with E-state index in [0.717, 1.165) is 24.2 Å². The Bertz CT molecular complexity index is 485. The van der Waals surface area contributed by atoms with Crippen molar-refractivity contribution in [1.82, 2.24) is 10.2 Å². The maximum absolute atomic E-state index is 12.7. The first-order valence-electron chi connectivity index (χ1n) is 6.65. The Balaban J connectivity index is 2.37. The predicted molar refractivity (Wildman–Crippen MR) is 76.1 cm³/mol. The van der Waals surface area contributed by atoms with E-state index in [4.69, 9.17) is 4.74 Å². The number of nitrogens with one attached hydrogen (secondary N) is 1. The molecule has 1 N–H and O–H groups in total. The van der Waals surface area contributed by atoms with E-state index in [0.29, 0.717) is 17.9 Å². The van der Waals surface area contributed by atoms with Gasteiger partial charge in [0.15, 0.2) is 5.78 Å². The van der Waals surface area contributed by atoms with Crippen LogP contribution in [-0.4, -0.2) is 50.5 Å². The van der Waals surface area contributed by atoms with Crippen LogP contribution in [0.4, 0.5) is 0 Å². The molecule has 1 aromatic rings. The van der Waals surface area contributed by atoms with E-state index in [9.17, 15) is 4.79 Å². The van der Waals surface area contributed by atoms with Gasteiger partial charge in [-0.2, -0.15) is 0 Å². The number of piperazine rings is 1. The molecule has 1 aliphatic heterocycles. The van der Waals surface area contributed by atoms with Crippen LogP contribution in [0, 0.1) is 13.8 Å². The monoisotopic (exact) mass is 262 g/mol. The Hall–Kier alpha value is -1.39. The molecule has 1 saturated heterocycles. The van der Waals surface area contributed by atoms with E-state index in [1.165, 1.54) is 0 Å². The standard InChI is InChI=1S/C15H22N2O2/c1-10-7-11(2)15(19-4)12(8-10)14(18)13-9-16-5-6-17(13)3/h7-8,13,16H,5-6,9H2,1-4H3. The molecular weight excluding hydrogens is 240 g/mol. The molecule has 1 aromatic carbocycles. The predicted octanol–water partition coefficient (Wildman–Crippen LogP) is 1.40. The number of likely N-dealkylation sites (N-methyl/N-ethyl adjacent to an activating group) is 1. The normalized spacial score (nSPS) is 20.3. The lowest BCUT2D eigenvalue weighted by atomic mass is 9.96. The van der Waals surface area contributed by atoms with Crippen molar-refractivity contribution >= 4 is 5.78 Å². The first kappa shape index (κ1) is 14.0. The number of hydrogen-bond acceptors (Lipinski definition) is 4. The summed E-state index contributed by atoms with van der Waals surface area (Å²) in [6.07, 6.45) is 0. The molecule has 0 amide bonds. The van der Waals surface area contributed by atoms with Gasteiger partial charge in [0.25, 0.3) is 0 Å². The number of aryl methyl sites for hydroxylation is 2. The third kappa shape index (κ3) is 2.80. The summed E-state index contributed by atoms with van der Waals surface area (Å²) in [5, 5.41) is 3.28. The van der Waals surface area contributed by atoms with Crippen LogP contribution in [0.3, 0.4) is 0 Å². The van der Waals surface area contributed by atoms with Gasteiger partial charge in [-0.1, -0.05) is 6.07 Å². The highest BCUT2D eigenvalue weighted by molar-refractivity contribution is 6.03. The van der Waals surface area contributed by atoms with Gasteiger partial charge in [-0.15, -0.1) is 0 Å². The van der Waals surface area contributed by atoms with Crippen LogP contribution in [0.15, 0.2) is 12.1 Å². The summed E-state index contributed by atoms with van der Waals surface area (Å²) in [6, 6.07) is 3.86. The number of hydrogen-bond donors (Lipinski definition) is 1. The number of nitrogens with zero attached hydrogens (tertiary/aromatic N) is 1. The molecule has 0 spiro atoms.